The van der Waals surface area contributed by atoms with E-state index >= 15 is 0 Å². The molecule has 13 heavy (non-hydrogen) atoms. The van der Waals surface area contributed by atoms with Gasteiger partial charge in [-0.3, -0.25) is 0 Å². The maximum absolute atomic E-state index is 4.34. The van der Waals surface area contributed by atoms with Gasteiger partial charge in [0, 0.05) is 5.92 Å². The first-order valence-electron chi connectivity index (χ1n) is 4.36. The van der Waals surface area contributed by atoms with E-state index in [-0.39, 0.29) is 0 Å². The van der Waals surface area contributed by atoms with E-state index in [4.69, 9.17) is 0 Å². The van der Waals surface area contributed by atoms with Gasteiger partial charge in [-0.05, 0) is 38.8 Å². The molecule has 0 atom stereocenters. The molecule has 1 aliphatic carbocycles. The summed E-state index contributed by atoms with van der Waals surface area (Å²) in [7, 11) is 1.66. The average Bonchev–Trinajstić information content (AvgIpc) is 2.25. The summed E-state index contributed by atoms with van der Waals surface area (Å²) in [5.74, 6) is 1.47. The van der Waals surface area contributed by atoms with Crippen LogP contribution in [0.2, 0.25) is 0 Å². The molecule has 2 heteroatoms. The normalized spacial score (nSPS) is 17.6. The fourth-order valence-corrected chi connectivity index (χ4v) is 1.41. The van der Waals surface area contributed by atoms with Crippen molar-refractivity contribution in [3.8, 4) is 0 Å². The van der Waals surface area contributed by atoms with Crippen LogP contribution in [0.1, 0.15) is 34.6 Å². The Morgan fingerprint density at radius 3 is 1.08 bits per heavy atom. The summed E-state index contributed by atoms with van der Waals surface area (Å²) in [6.45, 7) is 11.0. The summed E-state index contributed by atoms with van der Waals surface area (Å²) in [6.07, 6.45) is 0. The van der Waals surface area contributed by atoms with Gasteiger partial charge in [-0.1, -0.05) is 18.1 Å². The third-order valence-electron chi connectivity index (χ3n) is 2.81. The second-order valence-corrected chi connectivity index (χ2v) is 4.33. The van der Waals surface area contributed by atoms with Gasteiger partial charge in [0.2, 0.25) is 0 Å². The van der Waals surface area contributed by atoms with Gasteiger partial charge in [-0.2, -0.15) is 0 Å². The van der Waals surface area contributed by atoms with Crippen LogP contribution >= 0.6 is 0 Å². The molecule has 0 aromatic carbocycles. The number of rotatable bonds is 0. The van der Waals surface area contributed by atoms with Crippen LogP contribution in [-0.2, 0) is 28.0 Å². The van der Waals surface area contributed by atoms with Gasteiger partial charge in [0.25, 0.3) is 0 Å². The number of hydrogen-bond donors (Lipinski definition) is 0. The van der Waals surface area contributed by atoms with Gasteiger partial charge in [-0.25, -0.2) is 0 Å². The molecule has 72 valence electrons. The molecule has 0 saturated heterocycles. The monoisotopic (exact) mass is 256 g/mol. The zero-order chi connectivity index (χ0) is 10.6. The summed E-state index contributed by atoms with van der Waals surface area (Å²) in [4.78, 5) is 0. The Balaban J connectivity index is 0.000000424. The minimum atomic E-state index is 1.14. The van der Waals surface area contributed by atoms with Crippen LogP contribution in [0, 0.1) is 5.92 Å². The predicted octanol–water partition coefficient (Wildman–Crippen LogP) is 3.36. The fourth-order valence-electron chi connectivity index (χ4n) is 1.41. The van der Waals surface area contributed by atoms with Crippen molar-refractivity contribution in [3.05, 3.63) is 28.2 Å². The summed E-state index contributed by atoms with van der Waals surface area (Å²) in [6, 6.07) is 0. The Labute approximate surface area is 97.7 Å². The molecule has 0 aromatic heterocycles. The van der Waals surface area contributed by atoms with Gasteiger partial charge in [0.15, 0.2) is 0 Å². The van der Waals surface area contributed by atoms with E-state index in [1.807, 2.05) is 0 Å². The van der Waals surface area contributed by atoms with Crippen LogP contribution in [0.4, 0.5) is 0 Å². The maximum atomic E-state index is 4.34. The third kappa shape index (κ3) is 3.18. The fraction of sp³-hybridized carbons (Fsp3) is 0.545. The van der Waals surface area contributed by atoms with Crippen LogP contribution in [0.25, 0.3) is 0 Å². The van der Waals surface area contributed by atoms with E-state index in [0.29, 0.717) is 0 Å². The molecule has 1 aliphatic rings. The van der Waals surface area contributed by atoms with Gasteiger partial charge >= 0.3 is 35.1 Å². The predicted molar refractivity (Wildman–Crippen MR) is 52.7 cm³/mol. The van der Waals surface area contributed by atoms with Crippen molar-refractivity contribution in [3.63, 3.8) is 0 Å². The van der Waals surface area contributed by atoms with Crippen LogP contribution < -0.4 is 0 Å². The first kappa shape index (κ1) is 13.3. The van der Waals surface area contributed by atoms with Crippen molar-refractivity contribution in [2.45, 2.75) is 34.6 Å². The van der Waals surface area contributed by atoms with Crippen LogP contribution in [0.5, 0.6) is 0 Å². The Bertz CT molecular complexity index is 214. The second-order valence-electron chi connectivity index (χ2n) is 3.33. The Hall–Kier alpha value is 0.323. The summed E-state index contributed by atoms with van der Waals surface area (Å²) >= 11 is 1.14. The van der Waals surface area contributed by atoms with E-state index in [0.717, 1.165) is 25.2 Å². The minimum absolute atomic E-state index is 1.14. The molecule has 0 fully saturated rings. The summed E-state index contributed by atoms with van der Waals surface area (Å²) < 4.78 is 4.34. The third-order valence-corrected chi connectivity index (χ3v) is 2.81. The molecule has 0 saturated carbocycles. The molecule has 0 bridgehead atoms. The van der Waals surface area contributed by atoms with Gasteiger partial charge in [0.1, 0.15) is 0 Å². The van der Waals surface area contributed by atoms with Crippen LogP contribution in [0.3, 0.4) is 0 Å². The summed E-state index contributed by atoms with van der Waals surface area (Å²) in [5.41, 5.74) is 5.87. The van der Waals surface area contributed by atoms with Gasteiger partial charge < -0.3 is 0 Å². The van der Waals surface area contributed by atoms with E-state index in [9.17, 15) is 0 Å². The molecule has 1 nitrogen and oxygen atoms in total. The summed E-state index contributed by atoms with van der Waals surface area (Å²) in [5, 5.41) is 0. The molecule has 0 aliphatic heterocycles. The van der Waals surface area contributed by atoms with Crippen molar-refractivity contribution < 1.29 is 28.0 Å². The topological polar surface area (TPSA) is 9.23 Å². The van der Waals surface area contributed by atoms with Crippen molar-refractivity contribution in [1.82, 2.24) is 0 Å². The number of hydrogen-bond acceptors (Lipinski definition) is 1. The molecule has 1 radical (unpaired) electrons. The SMILES string of the molecule is C[C]1C(C)=C(C)C(C)=C1C.C[O][Zr]. The molecule has 0 amide bonds. The molecule has 1 rings (SSSR count). The quantitative estimate of drug-likeness (QED) is 0.646. The average molecular weight is 257 g/mol. The molecular weight excluding hydrogens is 239 g/mol. The van der Waals surface area contributed by atoms with E-state index in [1.165, 1.54) is 28.2 Å². The number of allylic oxidation sites excluding steroid dienone is 4. The second kappa shape index (κ2) is 5.93. The molecular formula is C11H18OZr. The van der Waals surface area contributed by atoms with Crippen molar-refractivity contribution in [2.75, 3.05) is 7.11 Å². The van der Waals surface area contributed by atoms with E-state index in [2.05, 4.69) is 37.4 Å². The van der Waals surface area contributed by atoms with E-state index < -0.39 is 0 Å². The zero-order valence-corrected chi connectivity index (χ0v) is 11.9. The molecule has 0 aromatic rings. The van der Waals surface area contributed by atoms with Crippen LogP contribution in [-0.4, -0.2) is 7.11 Å². The molecule has 0 unspecified atom stereocenters. The van der Waals surface area contributed by atoms with Crippen molar-refractivity contribution in [1.29, 1.82) is 0 Å². The first-order valence-corrected chi connectivity index (χ1v) is 5.37. The zero-order valence-electron chi connectivity index (χ0n) is 9.41. The van der Waals surface area contributed by atoms with Crippen molar-refractivity contribution >= 4 is 0 Å². The molecule has 0 N–H and O–H groups in total. The van der Waals surface area contributed by atoms with Gasteiger partial charge in [-0.15, -0.1) is 0 Å². The Morgan fingerprint density at radius 1 is 0.769 bits per heavy atom. The Morgan fingerprint density at radius 2 is 1.00 bits per heavy atom. The molecule has 0 heterocycles. The Kier molecular flexibility index (Phi) is 6.08. The van der Waals surface area contributed by atoms with Gasteiger partial charge in [0.05, 0.1) is 0 Å². The van der Waals surface area contributed by atoms with Crippen molar-refractivity contribution in [2.24, 2.45) is 0 Å². The molecule has 0 spiro atoms. The standard InChI is InChI=1S/C10H15.CH3O.Zr/c1-6-7(2)9(4)10(5)8(6)3;1-2;/h1-5H3;1H3;/q;-1;+1. The first-order chi connectivity index (χ1) is 5.97. The van der Waals surface area contributed by atoms with E-state index in [1.54, 1.807) is 7.11 Å². The van der Waals surface area contributed by atoms with Crippen LogP contribution in [0.15, 0.2) is 22.3 Å².